The second kappa shape index (κ2) is 8.31. The molecule has 0 saturated carbocycles. The lowest BCUT2D eigenvalue weighted by Crippen LogP contribution is -2.38. The minimum Gasteiger partial charge on any atom is -0.311 e. The fourth-order valence-electron chi connectivity index (χ4n) is 2.44. The molecule has 1 nitrogen and oxygen atoms in total. The molecule has 3 unspecified atom stereocenters. The van der Waals surface area contributed by atoms with Gasteiger partial charge in [0.15, 0.2) is 0 Å². The zero-order valence-electron chi connectivity index (χ0n) is 12.7. The Bertz CT molecular complexity index is 347. The fourth-order valence-corrected chi connectivity index (χ4v) is 2.44. The summed E-state index contributed by atoms with van der Waals surface area (Å²) >= 11 is 0. The maximum Gasteiger partial charge on any atom is 0.123 e. The van der Waals surface area contributed by atoms with E-state index in [0.29, 0.717) is 12.1 Å². The fraction of sp³-hybridized carbons (Fsp3) is 0.647. The van der Waals surface area contributed by atoms with Gasteiger partial charge in [0.05, 0.1) is 0 Å². The predicted molar refractivity (Wildman–Crippen MR) is 80.9 cm³/mol. The zero-order chi connectivity index (χ0) is 14.3. The van der Waals surface area contributed by atoms with E-state index < -0.39 is 0 Å². The smallest absolute Gasteiger partial charge is 0.123 e. The highest BCUT2D eigenvalue weighted by Gasteiger charge is 2.13. The molecule has 0 amide bonds. The van der Waals surface area contributed by atoms with Gasteiger partial charge in [-0.25, -0.2) is 4.39 Å². The summed E-state index contributed by atoms with van der Waals surface area (Å²) < 4.78 is 12.9. The summed E-state index contributed by atoms with van der Waals surface area (Å²) in [7, 11) is 0. The van der Waals surface area contributed by atoms with Crippen molar-refractivity contribution in [2.45, 2.75) is 65.5 Å². The van der Waals surface area contributed by atoms with Crippen molar-refractivity contribution in [1.82, 2.24) is 5.32 Å². The molecule has 19 heavy (non-hydrogen) atoms. The van der Waals surface area contributed by atoms with Gasteiger partial charge in [-0.3, -0.25) is 0 Å². The topological polar surface area (TPSA) is 12.0 Å². The number of halogens is 1. The van der Waals surface area contributed by atoms with Crippen LogP contribution >= 0.6 is 0 Å². The van der Waals surface area contributed by atoms with Crippen molar-refractivity contribution in [3.05, 3.63) is 35.6 Å². The van der Waals surface area contributed by atoms with E-state index in [1.165, 1.54) is 18.4 Å². The molecule has 0 aromatic heterocycles. The molecule has 2 heteroatoms. The normalized spacial score (nSPS) is 16.1. The Hall–Kier alpha value is -0.890. The van der Waals surface area contributed by atoms with Crippen LogP contribution in [0.3, 0.4) is 0 Å². The van der Waals surface area contributed by atoms with Gasteiger partial charge in [0.25, 0.3) is 0 Å². The molecule has 0 saturated heterocycles. The average Bonchev–Trinajstić information content (AvgIpc) is 2.40. The van der Waals surface area contributed by atoms with Crippen LogP contribution in [0.4, 0.5) is 4.39 Å². The first kappa shape index (κ1) is 16.2. The molecular formula is C17H28FN. The lowest BCUT2D eigenvalue weighted by atomic mass is 9.96. The number of rotatable bonds is 8. The van der Waals surface area contributed by atoms with Crippen LogP contribution in [-0.2, 0) is 6.42 Å². The first-order valence-electron chi connectivity index (χ1n) is 7.55. The van der Waals surface area contributed by atoms with Crippen molar-refractivity contribution < 1.29 is 4.39 Å². The predicted octanol–water partition coefficient (Wildman–Crippen LogP) is 4.56. The highest BCUT2D eigenvalue weighted by molar-refractivity contribution is 5.17. The van der Waals surface area contributed by atoms with E-state index in [9.17, 15) is 4.39 Å². The van der Waals surface area contributed by atoms with Crippen LogP contribution in [0.25, 0.3) is 0 Å². The molecule has 0 bridgehead atoms. The monoisotopic (exact) mass is 265 g/mol. The van der Waals surface area contributed by atoms with Crippen molar-refractivity contribution in [3.8, 4) is 0 Å². The second-order valence-electron chi connectivity index (χ2n) is 5.75. The maximum absolute atomic E-state index is 12.9. The van der Waals surface area contributed by atoms with Crippen LogP contribution in [0.5, 0.6) is 0 Å². The summed E-state index contributed by atoms with van der Waals surface area (Å²) in [4.78, 5) is 0. The third kappa shape index (κ3) is 6.20. The molecule has 0 heterocycles. The van der Waals surface area contributed by atoms with Crippen molar-refractivity contribution in [2.75, 3.05) is 0 Å². The summed E-state index contributed by atoms with van der Waals surface area (Å²) in [6, 6.07) is 7.85. The van der Waals surface area contributed by atoms with Crippen LogP contribution < -0.4 is 5.32 Å². The summed E-state index contributed by atoms with van der Waals surface area (Å²) in [5, 5.41) is 3.70. The van der Waals surface area contributed by atoms with Gasteiger partial charge in [-0.15, -0.1) is 0 Å². The Labute approximate surface area is 117 Å². The van der Waals surface area contributed by atoms with Gasteiger partial charge in [-0.05, 0) is 49.8 Å². The van der Waals surface area contributed by atoms with Gasteiger partial charge in [0, 0.05) is 12.1 Å². The van der Waals surface area contributed by atoms with Crippen molar-refractivity contribution >= 4 is 0 Å². The largest absolute Gasteiger partial charge is 0.311 e. The maximum atomic E-state index is 12.9. The second-order valence-corrected chi connectivity index (χ2v) is 5.75. The third-order valence-electron chi connectivity index (χ3n) is 3.85. The van der Waals surface area contributed by atoms with Crippen LogP contribution in [0.15, 0.2) is 24.3 Å². The van der Waals surface area contributed by atoms with Gasteiger partial charge in [-0.1, -0.05) is 39.3 Å². The van der Waals surface area contributed by atoms with E-state index in [4.69, 9.17) is 0 Å². The van der Waals surface area contributed by atoms with Crippen LogP contribution in [0.2, 0.25) is 0 Å². The minimum atomic E-state index is -0.160. The van der Waals surface area contributed by atoms with E-state index in [2.05, 4.69) is 33.0 Å². The van der Waals surface area contributed by atoms with Crippen LogP contribution in [0, 0.1) is 11.7 Å². The quantitative estimate of drug-likeness (QED) is 0.726. The van der Waals surface area contributed by atoms with Gasteiger partial charge >= 0.3 is 0 Å². The molecule has 0 spiro atoms. The molecule has 1 aromatic carbocycles. The highest BCUT2D eigenvalue weighted by atomic mass is 19.1. The number of nitrogens with one attached hydrogen (secondary N) is 1. The third-order valence-corrected chi connectivity index (χ3v) is 3.85. The Morgan fingerprint density at radius 2 is 1.68 bits per heavy atom. The standard InChI is InChI=1S/C17H28FN/c1-5-13(3)11-17(6-2)19-14(4)12-15-7-9-16(18)10-8-15/h7-10,13-14,17,19H,5-6,11-12H2,1-4H3. The van der Waals surface area contributed by atoms with Crippen LogP contribution in [0.1, 0.15) is 52.5 Å². The number of hydrogen-bond donors (Lipinski definition) is 1. The molecular weight excluding hydrogens is 237 g/mol. The van der Waals surface area contributed by atoms with Crippen molar-refractivity contribution in [2.24, 2.45) is 5.92 Å². The molecule has 0 aliphatic carbocycles. The lowest BCUT2D eigenvalue weighted by Gasteiger charge is -2.24. The first-order valence-corrected chi connectivity index (χ1v) is 7.55. The number of benzene rings is 1. The lowest BCUT2D eigenvalue weighted by molar-refractivity contribution is 0.355. The Kier molecular flexibility index (Phi) is 7.07. The average molecular weight is 265 g/mol. The van der Waals surface area contributed by atoms with E-state index >= 15 is 0 Å². The number of hydrogen-bond acceptors (Lipinski definition) is 1. The molecule has 0 radical (unpaired) electrons. The molecule has 0 fully saturated rings. The SMILES string of the molecule is CCC(C)CC(CC)NC(C)Cc1ccc(F)cc1. The molecule has 108 valence electrons. The Morgan fingerprint density at radius 1 is 1.05 bits per heavy atom. The van der Waals surface area contributed by atoms with Gasteiger partial charge in [-0.2, -0.15) is 0 Å². The molecule has 1 aromatic rings. The zero-order valence-corrected chi connectivity index (χ0v) is 12.7. The molecule has 3 atom stereocenters. The molecule has 1 rings (SSSR count). The Morgan fingerprint density at radius 3 is 2.21 bits per heavy atom. The highest BCUT2D eigenvalue weighted by Crippen LogP contribution is 2.13. The van der Waals surface area contributed by atoms with E-state index in [1.807, 2.05) is 12.1 Å². The first-order chi connectivity index (χ1) is 9.05. The minimum absolute atomic E-state index is 0.160. The van der Waals surface area contributed by atoms with Crippen molar-refractivity contribution in [3.63, 3.8) is 0 Å². The summed E-state index contributed by atoms with van der Waals surface area (Å²) in [5.74, 6) is 0.614. The molecule has 1 N–H and O–H groups in total. The van der Waals surface area contributed by atoms with Gasteiger partial charge < -0.3 is 5.32 Å². The van der Waals surface area contributed by atoms with Gasteiger partial charge in [0.2, 0.25) is 0 Å². The summed E-state index contributed by atoms with van der Waals surface area (Å²) in [6.45, 7) is 9.02. The molecule has 0 aliphatic rings. The van der Waals surface area contributed by atoms with Crippen LogP contribution in [-0.4, -0.2) is 12.1 Å². The summed E-state index contributed by atoms with van der Waals surface area (Å²) in [6.07, 6.45) is 4.60. The molecule has 0 aliphatic heterocycles. The van der Waals surface area contributed by atoms with Gasteiger partial charge in [0.1, 0.15) is 5.82 Å². The Balaban J connectivity index is 2.44. The summed E-state index contributed by atoms with van der Waals surface area (Å²) in [5.41, 5.74) is 1.19. The van der Waals surface area contributed by atoms with E-state index in [-0.39, 0.29) is 5.82 Å². The van der Waals surface area contributed by atoms with E-state index in [0.717, 1.165) is 18.8 Å². The van der Waals surface area contributed by atoms with E-state index in [1.54, 1.807) is 12.1 Å². The van der Waals surface area contributed by atoms with Crippen molar-refractivity contribution in [1.29, 1.82) is 0 Å².